The van der Waals surface area contributed by atoms with Crippen molar-refractivity contribution < 1.29 is 61.4 Å². The number of halogens is 4. The van der Waals surface area contributed by atoms with E-state index in [0.717, 1.165) is 25.9 Å². The molecular formula is C39H40F4N4O9. The summed E-state index contributed by atoms with van der Waals surface area (Å²) in [5.41, 5.74) is 0.900. The van der Waals surface area contributed by atoms with Gasteiger partial charge in [-0.3, -0.25) is 19.4 Å². The maximum atomic E-state index is 15.5. The molecule has 2 N–H and O–H groups in total. The summed E-state index contributed by atoms with van der Waals surface area (Å²) < 4.78 is 65.7. The average Bonchev–Trinajstić information content (AvgIpc) is 4.01. The second kappa shape index (κ2) is 19.6. The van der Waals surface area contributed by atoms with Crippen LogP contribution in [0.2, 0.25) is 0 Å². The molecule has 1 saturated heterocycles. The van der Waals surface area contributed by atoms with Gasteiger partial charge >= 0.3 is 24.1 Å². The molecule has 17 heteroatoms. The zero-order valence-corrected chi connectivity index (χ0v) is 30.5. The van der Waals surface area contributed by atoms with Crippen molar-refractivity contribution >= 4 is 40.5 Å². The van der Waals surface area contributed by atoms with E-state index in [1.54, 1.807) is 13.0 Å². The minimum atomic E-state index is -5.19. The molecule has 2 aliphatic rings. The smallest absolute Gasteiger partial charge is 0.430 e. The molecule has 2 fully saturated rings. The molecule has 298 valence electrons. The van der Waals surface area contributed by atoms with Crippen LogP contribution in [0, 0.1) is 37.4 Å². The van der Waals surface area contributed by atoms with Crippen LogP contribution in [0.3, 0.4) is 0 Å². The number of benzene rings is 1. The van der Waals surface area contributed by atoms with Crippen molar-refractivity contribution in [1.29, 1.82) is 0 Å². The predicted octanol–water partition coefficient (Wildman–Crippen LogP) is 2.77. The van der Waals surface area contributed by atoms with Crippen LogP contribution in [0.5, 0.6) is 5.75 Å². The molecular weight excluding hydrogens is 744 g/mol. The molecule has 0 amide bonds. The number of piperazine rings is 1. The Labute approximate surface area is 319 Å². The van der Waals surface area contributed by atoms with Crippen molar-refractivity contribution in [2.24, 2.45) is 0 Å². The van der Waals surface area contributed by atoms with E-state index in [4.69, 9.17) is 37.0 Å². The van der Waals surface area contributed by atoms with Crippen LogP contribution in [-0.4, -0.2) is 65.8 Å². The van der Waals surface area contributed by atoms with Crippen LogP contribution in [-0.2, 0) is 37.1 Å². The van der Waals surface area contributed by atoms with Crippen LogP contribution < -0.4 is 25.5 Å². The molecule has 1 aliphatic carbocycles. The Morgan fingerprint density at radius 1 is 1.00 bits per heavy atom. The van der Waals surface area contributed by atoms with Crippen LogP contribution >= 0.6 is 0 Å². The van der Waals surface area contributed by atoms with E-state index in [1.807, 2.05) is 9.47 Å². The van der Waals surface area contributed by atoms with E-state index >= 15 is 4.39 Å². The number of carbonyl (C=O) groups is 4. The number of alkyl halides is 3. The normalized spacial score (nSPS) is 13.8. The molecule has 1 saturated carbocycles. The number of carboxylic acid groups (broad SMARTS) is 1. The van der Waals surface area contributed by atoms with E-state index < -0.39 is 41.3 Å². The number of hydrogen-bond donors (Lipinski definition) is 1. The van der Waals surface area contributed by atoms with E-state index in [9.17, 15) is 32.3 Å². The second-order valence-corrected chi connectivity index (χ2v) is 13.0. The third kappa shape index (κ3) is 11.5. The van der Waals surface area contributed by atoms with Crippen molar-refractivity contribution in [1.82, 2.24) is 9.55 Å². The first-order chi connectivity index (χ1) is 26.7. The number of ether oxygens (including phenoxy) is 3. The van der Waals surface area contributed by atoms with Gasteiger partial charge in [-0.2, -0.15) is 13.2 Å². The Morgan fingerprint density at radius 2 is 1.59 bits per heavy atom. The number of unbranched alkanes of at least 4 members (excludes halogenated alkanes) is 2. The number of quaternary nitrogens is 1. The number of carbonyl (C=O) groups excluding carboxylic acids is 4. The summed E-state index contributed by atoms with van der Waals surface area (Å²) >= 11 is 0. The Morgan fingerprint density at radius 3 is 2.14 bits per heavy atom. The fraction of sp³-hybridized carbons (Fsp3) is 0.436. The van der Waals surface area contributed by atoms with Crippen LogP contribution in [0.1, 0.15) is 84.6 Å². The predicted molar refractivity (Wildman–Crippen MR) is 190 cm³/mol. The number of anilines is 1. The number of rotatable bonds is 14. The molecule has 3 aromatic rings. The number of esters is 3. The molecule has 1 aliphatic heterocycles. The summed E-state index contributed by atoms with van der Waals surface area (Å²) in [5.74, 6) is -0.628. The SMILES string of the molecule is C#CCCCC(=O)OCc1cnc(C)c(OC(=O)c2cn(C3CC3)c3cc(N4CC[NH2+]CC4)c(F)cc3c2=O)c1COC(=O)CCCC#C.O=C([O-])C(F)(F)F. The van der Waals surface area contributed by atoms with Crippen LogP contribution in [0.25, 0.3) is 10.9 Å². The lowest BCUT2D eigenvalue weighted by atomic mass is 10.1. The third-order valence-corrected chi connectivity index (χ3v) is 8.81. The summed E-state index contributed by atoms with van der Waals surface area (Å²) in [4.78, 5) is 67.5. The molecule has 0 spiro atoms. The quantitative estimate of drug-likeness (QED) is 0.110. The molecule has 0 radical (unpaired) electrons. The van der Waals surface area contributed by atoms with Gasteiger partial charge in [-0.25, -0.2) is 9.18 Å². The van der Waals surface area contributed by atoms with Crippen LogP contribution in [0.4, 0.5) is 23.2 Å². The van der Waals surface area contributed by atoms with Gasteiger partial charge in [0, 0.05) is 60.6 Å². The van der Waals surface area contributed by atoms with Crippen LogP contribution in [0.15, 0.2) is 29.3 Å². The molecule has 13 nitrogen and oxygen atoms in total. The number of pyridine rings is 2. The Balaban J connectivity index is 0.000000908. The lowest BCUT2D eigenvalue weighted by Crippen LogP contribution is -2.89. The monoisotopic (exact) mass is 784 g/mol. The molecule has 0 atom stereocenters. The summed E-state index contributed by atoms with van der Waals surface area (Å²) in [7, 11) is 0. The number of aliphatic carboxylic acids is 1. The number of nitrogens with two attached hydrogens (primary N) is 1. The Hall–Kier alpha value is -5.94. The highest BCUT2D eigenvalue weighted by molar-refractivity contribution is 5.96. The highest BCUT2D eigenvalue weighted by Crippen LogP contribution is 2.38. The molecule has 2 aromatic heterocycles. The molecule has 5 rings (SSSR count). The van der Waals surface area contributed by atoms with E-state index in [2.05, 4.69) is 22.1 Å². The van der Waals surface area contributed by atoms with Gasteiger partial charge in [-0.15, -0.1) is 24.7 Å². The zero-order chi connectivity index (χ0) is 41.0. The van der Waals surface area contributed by atoms with Gasteiger partial charge in [-0.05, 0) is 44.7 Å². The van der Waals surface area contributed by atoms with Gasteiger partial charge < -0.3 is 38.9 Å². The van der Waals surface area contributed by atoms with E-state index in [-0.39, 0.29) is 60.1 Å². The maximum Gasteiger partial charge on any atom is 0.430 e. The van der Waals surface area contributed by atoms with Gasteiger partial charge in [0.1, 0.15) is 30.6 Å². The second-order valence-electron chi connectivity index (χ2n) is 13.0. The average molecular weight is 785 g/mol. The number of carboxylic acids is 1. The largest absolute Gasteiger partial charge is 0.542 e. The molecule has 1 aromatic carbocycles. The van der Waals surface area contributed by atoms with Gasteiger partial charge in [0.25, 0.3) is 0 Å². The highest BCUT2D eigenvalue weighted by atomic mass is 19.4. The van der Waals surface area contributed by atoms with Crippen molar-refractivity contribution in [3.05, 3.63) is 63.0 Å². The van der Waals surface area contributed by atoms with Gasteiger partial charge in [0.15, 0.2) is 5.75 Å². The number of fused-ring (bicyclic) bond motifs is 1. The number of aryl methyl sites for hydroxylation is 1. The summed E-state index contributed by atoms with van der Waals surface area (Å²) in [5, 5.41) is 11.0. The first kappa shape index (κ1) is 42.8. The standard InChI is InChI=1S/C37H39FN4O7.C2HF3O2/c1-4-6-8-10-33(43)47-22-25-20-40-24(3)36(29(25)23-48-34(44)11-9-7-5-2)49-37(46)28-21-42(26-12-13-26)31-19-32(41-16-14-39-15-17-41)30(38)18-27(31)35(28)45;3-2(4,5)1(6)7/h1-2,18-21,26,39H,6-17,22-23H2,3H3;(H,6,7). The van der Waals surface area contributed by atoms with Gasteiger partial charge in [0.05, 0.1) is 43.1 Å². The Bertz CT molecular complexity index is 2090. The minimum Gasteiger partial charge on any atom is -0.542 e. The van der Waals surface area contributed by atoms with Gasteiger partial charge in [0.2, 0.25) is 5.43 Å². The fourth-order valence-electron chi connectivity index (χ4n) is 5.76. The third-order valence-electron chi connectivity index (χ3n) is 8.81. The lowest BCUT2D eigenvalue weighted by Gasteiger charge is -2.28. The van der Waals surface area contributed by atoms with E-state index in [0.29, 0.717) is 55.5 Å². The highest BCUT2D eigenvalue weighted by Gasteiger charge is 2.30. The molecule has 0 unspecified atom stereocenters. The lowest BCUT2D eigenvalue weighted by molar-refractivity contribution is -0.655. The number of nitrogens with zero attached hydrogens (tertiary/aromatic N) is 3. The van der Waals surface area contributed by atoms with E-state index in [1.165, 1.54) is 18.5 Å². The summed E-state index contributed by atoms with van der Waals surface area (Å²) in [6, 6.07) is 2.96. The number of terminal acetylenes is 2. The number of hydrogen-bond acceptors (Lipinski definition) is 11. The van der Waals surface area contributed by atoms with Crippen molar-refractivity contribution in [2.45, 2.75) is 83.7 Å². The molecule has 56 heavy (non-hydrogen) atoms. The first-order valence-electron chi connectivity index (χ1n) is 17.8. The minimum absolute atomic E-state index is 0.0387. The summed E-state index contributed by atoms with van der Waals surface area (Å²) in [6.07, 6.45) is 11.9. The molecule has 0 bridgehead atoms. The van der Waals surface area contributed by atoms with Crippen molar-refractivity contribution in [2.75, 3.05) is 31.1 Å². The maximum absolute atomic E-state index is 15.5. The fourth-order valence-corrected chi connectivity index (χ4v) is 5.76. The number of aromatic nitrogens is 2. The molecule has 3 heterocycles. The van der Waals surface area contributed by atoms with Gasteiger partial charge in [-0.1, -0.05) is 0 Å². The first-order valence-corrected chi connectivity index (χ1v) is 17.8. The van der Waals surface area contributed by atoms with Crippen molar-refractivity contribution in [3.8, 4) is 30.4 Å². The Kier molecular flexibility index (Phi) is 15.0. The van der Waals surface area contributed by atoms with Crippen molar-refractivity contribution in [3.63, 3.8) is 0 Å². The topological polar surface area (TPSA) is 174 Å². The zero-order valence-electron chi connectivity index (χ0n) is 30.5. The summed E-state index contributed by atoms with van der Waals surface area (Å²) in [6.45, 7) is 4.08.